The first-order valence-corrected chi connectivity index (χ1v) is 5.32. The Balaban J connectivity index is 2.39. The molecule has 0 amide bonds. The SMILES string of the molecule is Cc1cc(C)n(C(C)(CN)C2CC2)n1. The van der Waals surface area contributed by atoms with Gasteiger partial charge in [0.15, 0.2) is 0 Å². The molecule has 0 aliphatic heterocycles. The maximum Gasteiger partial charge on any atom is 0.0752 e. The quantitative estimate of drug-likeness (QED) is 0.792. The zero-order valence-corrected chi connectivity index (χ0v) is 9.25. The Morgan fingerprint density at radius 2 is 2.21 bits per heavy atom. The standard InChI is InChI=1S/C11H19N3/c1-8-6-9(2)14(13-8)11(3,7-12)10-4-5-10/h6,10H,4-5,7,12H2,1-3H3. The Morgan fingerprint density at radius 1 is 1.57 bits per heavy atom. The lowest BCUT2D eigenvalue weighted by molar-refractivity contribution is 0.247. The maximum atomic E-state index is 5.90. The zero-order valence-electron chi connectivity index (χ0n) is 9.25. The Kier molecular flexibility index (Phi) is 2.14. The lowest BCUT2D eigenvalue weighted by Gasteiger charge is -2.30. The predicted octanol–water partition coefficient (Wildman–Crippen LogP) is 1.58. The first kappa shape index (κ1) is 9.71. The average Bonchev–Trinajstić information content (AvgIpc) is 2.92. The highest BCUT2D eigenvalue weighted by molar-refractivity contribution is 5.11. The van der Waals surface area contributed by atoms with Crippen LogP contribution in [-0.4, -0.2) is 16.3 Å². The maximum absolute atomic E-state index is 5.90. The molecule has 0 aromatic carbocycles. The smallest absolute Gasteiger partial charge is 0.0752 e. The van der Waals surface area contributed by atoms with E-state index in [1.807, 2.05) is 6.92 Å². The lowest BCUT2D eigenvalue weighted by atomic mass is 9.96. The highest BCUT2D eigenvalue weighted by Crippen LogP contribution is 2.43. The first-order valence-electron chi connectivity index (χ1n) is 5.32. The number of hydrogen-bond acceptors (Lipinski definition) is 2. The molecule has 1 unspecified atom stereocenters. The van der Waals surface area contributed by atoms with E-state index in [0.29, 0.717) is 6.54 Å². The molecule has 14 heavy (non-hydrogen) atoms. The molecule has 1 heterocycles. The van der Waals surface area contributed by atoms with Crippen LogP contribution in [0.2, 0.25) is 0 Å². The van der Waals surface area contributed by atoms with Gasteiger partial charge in [-0.1, -0.05) is 0 Å². The minimum Gasteiger partial charge on any atom is -0.328 e. The highest BCUT2D eigenvalue weighted by atomic mass is 15.3. The predicted molar refractivity (Wildman–Crippen MR) is 57.1 cm³/mol. The summed E-state index contributed by atoms with van der Waals surface area (Å²) in [5.41, 5.74) is 8.25. The molecule has 3 heteroatoms. The van der Waals surface area contributed by atoms with E-state index in [1.165, 1.54) is 18.5 Å². The number of aryl methyl sites for hydroxylation is 2. The molecule has 3 nitrogen and oxygen atoms in total. The van der Waals surface area contributed by atoms with Crippen LogP contribution in [0.25, 0.3) is 0 Å². The van der Waals surface area contributed by atoms with Crippen molar-refractivity contribution < 1.29 is 0 Å². The van der Waals surface area contributed by atoms with E-state index in [2.05, 4.69) is 29.7 Å². The van der Waals surface area contributed by atoms with Crippen molar-refractivity contribution in [1.29, 1.82) is 0 Å². The normalized spacial score (nSPS) is 20.9. The van der Waals surface area contributed by atoms with Gasteiger partial charge in [0.25, 0.3) is 0 Å². The van der Waals surface area contributed by atoms with E-state index >= 15 is 0 Å². The molecule has 2 rings (SSSR count). The molecule has 0 radical (unpaired) electrons. The van der Waals surface area contributed by atoms with Crippen LogP contribution in [-0.2, 0) is 5.54 Å². The summed E-state index contributed by atoms with van der Waals surface area (Å²) in [7, 11) is 0. The van der Waals surface area contributed by atoms with Gasteiger partial charge in [-0.15, -0.1) is 0 Å². The van der Waals surface area contributed by atoms with E-state index in [1.54, 1.807) is 0 Å². The van der Waals surface area contributed by atoms with Crippen molar-refractivity contribution in [1.82, 2.24) is 9.78 Å². The summed E-state index contributed by atoms with van der Waals surface area (Å²) in [4.78, 5) is 0. The van der Waals surface area contributed by atoms with E-state index in [4.69, 9.17) is 5.73 Å². The van der Waals surface area contributed by atoms with Gasteiger partial charge in [-0.3, -0.25) is 4.68 Å². The summed E-state index contributed by atoms with van der Waals surface area (Å²) < 4.78 is 2.12. The third kappa shape index (κ3) is 1.36. The molecule has 2 N–H and O–H groups in total. The summed E-state index contributed by atoms with van der Waals surface area (Å²) in [5.74, 6) is 0.727. The third-order valence-electron chi connectivity index (χ3n) is 3.36. The summed E-state index contributed by atoms with van der Waals surface area (Å²) >= 11 is 0. The van der Waals surface area contributed by atoms with E-state index in [0.717, 1.165) is 11.6 Å². The van der Waals surface area contributed by atoms with Crippen molar-refractivity contribution in [2.75, 3.05) is 6.54 Å². The van der Waals surface area contributed by atoms with Gasteiger partial charge in [-0.25, -0.2) is 0 Å². The van der Waals surface area contributed by atoms with E-state index in [9.17, 15) is 0 Å². The monoisotopic (exact) mass is 193 g/mol. The van der Waals surface area contributed by atoms with Gasteiger partial charge < -0.3 is 5.73 Å². The molecule has 1 aliphatic carbocycles. The van der Waals surface area contributed by atoms with Crippen molar-refractivity contribution in [3.63, 3.8) is 0 Å². The first-order chi connectivity index (χ1) is 6.58. The fourth-order valence-corrected chi connectivity index (χ4v) is 2.28. The second-order valence-electron chi connectivity index (χ2n) is 4.67. The van der Waals surface area contributed by atoms with Gasteiger partial charge in [0.1, 0.15) is 0 Å². The minimum absolute atomic E-state index is 0.0400. The van der Waals surface area contributed by atoms with Crippen LogP contribution >= 0.6 is 0 Å². The molecule has 0 spiro atoms. The number of nitrogens with zero attached hydrogens (tertiary/aromatic N) is 2. The van der Waals surface area contributed by atoms with Gasteiger partial charge in [0.2, 0.25) is 0 Å². The van der Waals surface area contributed by atoms with Gasteiger partial charge in [-0.2, -0.15) is 5.10 Å². The molecule has 1 fully saturated rings. The largest absolute Gasteiger partial charge is 0.328 e. The molecule has 0 saturated heterocycles. The van der Waals surface area contributed by atoms with Crippen molar-refractivity contribution in [3.8, 4) is 0 Å². The van der Waals surface area contributed by atoms with E-state index in [-0.39, 0.29) is 5.54 Å². The second-order valence-corrected chi connectivity index (χ2v) is 4.67. The fraction of sp³-hybridized carbons (Fsp3) is 0.727. The van der Waals surface area contributed by atoms with Crippen molar-refractivity contribution in [2.24, 2.45) is 11.7 Å². The van der Waals surface area contributed by atoms with Crippen LogP contribution in [0.15, 0.2) is 6.07 Å². The summed E-state index contributed by atoms with van der Waals surface area (Å²) in [6.45, 7) is 7.05. The Bertz CT molecular complexity index is 338. The number of hydrogen-bond donors (Lipinski definition) is 1. The van der Waals surface area contributed by atoms with Gasteiger partial charge in [-0.05, 0) is 45.6 Å². The number of aromatic nitrogens is 2. The third-order valence-corrected chi connectivity index (χ3v) is 3.36. The Labute approximate surface area is 85.3 Å². The van der Waals surface area contributed by atoms with Crippen molar-refractivity contribution in [3.05, 3.63) is 17.5 Å². The Hall–Kier alpha value is -0.830. The zero-order chi connectivity index (χ0) is 10.3. The van der Waals surface area contributed by atoms with Crippen LogP contribution in [0.4, 0.5) is 0 Å². The molecule has 1 aliphatic rings. The van der Waals surface area contributed by atoms with E-state index < -0.39 is 0 Å². The number of nitrogens with two attached hydrogens (primary N) is 1. The molecular weight excluding hydrogens is 174 g/mol. The van der Waals surface area contributed by atoms with Gasteiger partial charge in [0, 0.05) is 12.2 Å². The van der Waals surface area contributed by atoms with Crippen LogP contribution in [0.1, 0.15) is 31.2 Å². The van der Waals surface area contributed by atoms with Crippen LogP contribution in [0.3, 0.4) is 0 Å². The molecule has 1 atom stereocenters. The Morgan fingerprint density at radius 3 is 2.57 bits per heavy atom. The highest BCUT2D eigenvalue weighted by Gasteiger charge is 2.43. The summed E-state index contributed by atoms with van der Waals surface area (Å²) in [6.07, 6.45) is 2.60. The van der Waals surface area contributed by atoms with Crippen LogP contribution in [0, 0.1) is 19.8 Å². The molecule has 1 aromatic rings. The molecular formula is C11H19N3. The lowest BCUT2D eigenvalue weighted by Crippen LogP contribution is -2.41. The summed E-state index contributed by atoms with van der Waals surface area (Å²) in [6, 6.07) is 2.12. The molecule has 0 bridgehead atoms. The topological polar surface area (TPSA) is 43.8 Å². The molecule has 1 saturated carbocycles. The fourth-order valence-electron chi connectivity index (χ4n) is 2.28. The second kappa shape index (κ2) is 3.09. The van der Waals surface area contributed by atoms with Crippen molar-refractivity contribution >= 4 is 0 Å². The molecule has 78 valence electrons. The van der Waals surface area contributed by atoms with Crippen LogP contribution in [0.5, 0.6) is 0 Å². The van der Waals surface area contributed by atoms with Gasteiger partial charge >= 0.3 is 0 Å². The minimum atomic E-state index is 0.0400. The molecule has 1 aromatic heterocycles. The summed E-state index contributed by atoms with van der Waals surface area (Å²) in [5, 5.41) is 4.55. The van der Waals surface area contributed by atoms with Crippen LogP contribution < -0.4 is 5.73 Å². The van der Waals surface area contributed by atoms with Crippen molar-refractivity contribution in [2.45, 2.75) is 39.2 Å². The van der Waals surface area contributed by atoms with Gasteiger partial charge in [0.05, 0.1) is 11.2 Å². The average molecular weight is 193 g/mol. The number of rotatable bonds is 3.